The van der Waals surface area contributed by atoms with Gasteiger partial charge in [0, 0.05) is 16.6 Å². The molecule has 1 N–H and O–H groups in total. The van der Waals surface area contributed by atoms with Crippen molar-refractivity contribution in [1.82, 2.24) is 9.55 Å². The average Bonchev–Trinajstić information content (AvgIpc) is 3.31. The molecule has 2 aromatic carbocycles. The van der Waals surface area contributed by atoms with Crippen LogP contribution in [0, 0.1) is 0 Å². The molecule has 0 spiro atoms. The molecule has 7 nitrogen and oxygen atoms in total. The molecule has 0 radical (unpaired) electrons. The van der Waals surface area contributed by atoms with Crippen molar-refractivity contribution in [3.05, 3.63) is 81.2 Å². The monoisotopic (exact) mass is 487 g/mol. The van der Waals surface area contributed by atoms with Gasteiger partial charge in [-0.1, -0.05) is 24.3 Å². The van der Waals surface area contributed by atoms with Crippen LogP contribution in [0.4, 0.5) is 5.69 Å². The van der Waals surface area contributed by atoms with E-state index in [0.717, 1.165) is 24.0 Å². The highest BCUT2D eigenvalue weighted by molar-refractivity contribution is 7.17. The van der Waals surface area contributed by atoms with Gasteiger partial charge in [-0.15, -0.1) is 11.3 Å². The van der Waals surface area contributed by atoms with Gasteiger partial charge in [0.25, 0.3) is 5.56 Å². The largest absolute Gasteiger partial charge is 0.462 e. The molecule has 0 atom stereocenters. The van der Waals surface area contributed by atoms with Crippen LogP contribution in [0.15, 0.2) is 59.0 Å². The van der Waals surface area contributed by atoms with E-state index in [2.05, 4.69) is 28.5 Å². The summed E-state index contributed by atoms with van der Waals surface area (Å²) in [6.07, 6.45) is 5.98. The Kier molecular flexibility index (Phi) is 6.46. The summed E-state index contributed by atoms with van der Waals surface area (Å²) >= 11 is 1.43. The first-order valence-electron chi connectivity index (χ1n) is 11.7. The fraction of sp³-hybridized carbons (Fsp3) is 0.259. The summed E-state index contributed by atoms with van der Waals surface area (Å²) in [4.78, 5) is 43.1. The predicted molar refractivity (Wildman–Crippen MR) is 137 cm³/mol. The number of aromatic nitrogens is 2. The molecule has 8 heteroatoms. The molecule has 1 aliphatic carbocycles. The molecule has 0 saturated carbocycles. The Morgan fingerprint density at radius 1 is 1.11 bits per heavy atom. The number of rotatable bonds is 6. The Morgan fingerprint density at radius 2 is 1.94 bits per heavy atom. The van der Waals surface area contributed by atoms with Gasteiger partial charge >= 0.3 is 5.97 Å². The number of hydrogen-bond donors (Lipinski definition) is 1. The van der Waals surface area contributed by atoms with Gasteiger partial charge in [-0.05, 0) is 67.5 Å². The minimum Gasteiger partial charge on any atom is -0.462 e. The van der Waals surface area contributed by atoms with Crippen LogP contribution in [0.5, 0.6) is 0 Å². The van der Waals surface area contributed by atoms with E-state index in [9.17, 15) is 14.4 Å². The number of amides is 1. The van der Waals surface area contributed by atoms with Crippen LogP contribution < -0.4 is 10.9 Å². The number of fused-ring (bicyclic) bond motifs is 2. The van der Waals surface area contributed by atoms with Crippen molar-refractivity contribution < 1.29 is 14.3 Å². The second-order valence-electron chi connectivity index (χ2n) is 8.55. The molecule has 2 aromatic heterocycles. The van der Waals surface area contributed by atoms with Crippen molar-refractivity contribution in [2.24, 2.45) is 0 Å². The maximum atomic E-state index is 13.4. The molecular weight excluding hydrogens is 462 g/mol. The first-order valence-corrected chi connectivity index (χ1v) is 12.6. The fourth-order valence-corrected chi connectivity index (χ4v) is 5.39. The van der Waals surface area contributed by atoms with Crippen LogP contribution in [-0.4, -0.2) is 28.0 Å². The van der Waals surface area contributed by atoms with E-state index >= 15 is 0 Å². The molecule has 0 unspecified atom stereocenters. The van der Waals surface area contributed by atoms with Crippen LogP contribution in [0.2, 0.25) is 0 Å². The van der Waals surface area contributed by atoms with E-state index in [0.29, 0.717) is 21.5 Å². The minimum atomic E-state index is -0.457. The molecule has 1 aliphatic rings. The molecule has 35 heavy (non-hydrogen) atoms. The average molecular weight is 488 g/mol. The van der Waals surface area contributed by atoms with Gasteiger partial charge in [0.1, 0.15) is 11.4 Å². The first kappa shape index (κ1) is 23.0. The Balaban J connectivity index is 1.40. The normalized spacial score (nSPS) is 12.8. The molecule has 0 aliphatic heterocycles. The van der Waals surface area contributed by atoms with Crippen LogP contribution in [0.1, 0.15) is 41.3 Å². The third-order valence-corrected chi connectivity index (χ3v) is 7.08. The third-order valence-electron chi connectivity index (χ3n) is 6.19. The van der Waals surface area contributed by atoms with Crippen LogP contribution in [-0.2, 0) is 28.9 Å². The van der Waals surface area contributed by atoms with Gasteiger partial charge in [-0.3, -0.25) is 14.2 Å². The lowest BCUT2D eigenvalue weighted by Gasteiger charge is -2.16. The van der Waals surface area contributed by atoms with Gasteiger partial charge in [0.2, 0.25) is 5.91 Å². The molecule has 0 fully saturated rings. The summed E-state index contributed by atoms with van der Waals surface area (Å²) in [5, 5.41) is 5.25. The zero-order valence-electron chi connectivity index (χ0n) is 19.4. The van der Waals surface area contributed by atoms with Crippen LogP contribution in [0.3, 0.4) is 0 Å². The lowest BCUT2D eigenvalue weighted by molar-refractivity contribution is -0.116. The Hall–Kier alpha value is -3.78. The van der Waals surface area contributed by atoms with E-state index in [1.165, 1.54) is 46.2 Å². The highest BCUT2D eigenvalue weighted by Gasteiger charge is 2.17. The number of aryl methyl sites for hydroxylation is 2. The molecule has 2 heterocycles. The Morgan fingerprint density at radius 3 is 2.77 bits per heavy atom. The van der Waals surface area contributed by atoms with E-state index in [1.54, 1.807) is 31.2 Å². The van der Waals surface area contributed by atoms with Crippen LogP contribution in [0.25, 0.3) is 21.3 Å². The molecule has 5 rings (SSSR count). The summed E-state index contributed by atoms with van der Waals surface area (Å²) in [6.45, 7) is 1.81. The molecule has 178 valence electrons. The van der Waals surface area contributed by atoms with E-state index in [4.69, 9.17) is 4.74 Å². The maximum absolute atomic E-state index is 13.4. The third kappa shape index (κ3) is 4.74. The van der Waals surface area contributed by atoms with Crippen molar-refractivity contribution in [2.75, 3.05) is 11.9 Å². The van der Waals surface area contributed by atoms with E-state index in [-0.39, 0.29) is 24.6 Å². The van der Waals surface area contributed by atoms with Crippen LogP contribution >= 0.6 is 11.3 Å². The molecular formula is C27H25N3O4S. The number of anilines is 1. The zero-order chi connectivity index (χ0) is 24.4. The standard InChI is InChI=1S/C27H25N3O4S/c1-2-34-27(33)20-8-5-9-21(13-20)29-23(31)14-30-16-28-25-24(26(30)32)22(15-35-25)19-11-10-17-6-3-4-7-18(17)12-19/h5,8-13,15-16H,2-4,6-7,14H2,1H3,(H,29,31). The highest BCUT2D eigenvalue weighted by Crippen LogP contribution is 2.33. The van der Waals surface area contributed by atoms with Crippen molar-refractivity contribution in [2.45, 2.75) is 39.2 Å². The number of nitrogens with zero attached hydrogens (tertiary/aromatic N) is 2. The lowest BCUT2D eigenvalue weighted by Crippen LogP contribution is -2.27. The quantitative estimate of drug-likeness (QED) is 0.394. The maximum Gasteiger partial charge on any atom is 0.338 e. The smallest absolute Gasteiger partial charge is 0.338 e. The summed E-state index contributed by atoms with van der Waals surface area (Å²) in [7, 11) is 0. The van der Waals surface area contributed by atoms with E-state index < -0.39 is 5.97 Å². The lowest BCUT2D eigenvalue weighted by atomic mass is 9.89. The molecule has 4 aromatic rings. The Bertz CT molecular complexity index is 1490. The van der Waals surface area contributed by atoms with Crippen molar-refractivity contribution in [3.8, 4) is 11.1 Å². The highest BCUT2D eigenvalue weighted by atomic mass is 32.1. The summed E-state index contributed by atoms with van der Waals surface area (Å²) in [6, 6.07) is 12.9. The predicted octanol–water partition coefficient (Wildman–Crippen LogP) is 4.82. The van der Waals surface area contributed by atoms with Gasteiger partial charge in [-0.2, -0.15) is 0 Å². The molecule has 0 saturated heterocycles. The van der Waals surface area contributed by atoms with Gasteiger partial charge in [0.15, 0.2) is 0 Å². The van der Waals surface area contributed by atoms with Gasteiger partial charge in [-0.25, -0.2) is 9.78 Å². The minimum absolute atomic E-state index is 0.190. The van der Waals surface area contributed by atoms with Crippen molar-refractivity contribution >= 4 is 39.1 Å². The second kappa shape index (κ2) is 9.84. The topological polar surface area (TPSA) is 90.3 Å². The molecule has 0 bridgehead atoms. The first-order chi connectivity index (χ1) is 17.0. The number of carbonyl (C=O) groups is 2. The van der Waals surface area contributed by atoms with Crippen molar-refractivity contribution in [3.63, 3.8) is 0 Å². The van der Waals surface area contributed by atoms with Gasteiger partial charge < -0.3 is 10.1 Å². The van der Waals surface area contributed by atoms with E-state index in [1.807, 2.05) is 5.38 Å². The number of thiophene rings is 1. The number of hydrogen-bond acceptors (Lipinski definition) is 6. The molecule has 1 amide bonds. The number of carbonyl (C=O) groups excluding carboxylic acids is 2. The zero-order valence-corrected chi connectivity index (χ0v) is 20.2. The summed E-state index contributed by atoms with van der Waals surface area (Å²) in [5.41, 5.74) is 5.15. The van der Waals surface area contributed by atoms with Gasteiger partial charge in [0.05, 0.1) is 23.9 Å². The number of ether oxygens (including phenoxy) is 1. The summed E-state index contributed by atoms with van der Waals surface area (Å²) in [5.74, 6) is -0.846. The van der Waals surface area contributed by atoms with Crippen molar-refractivity contribution in [1.29, 1.82) is 0 Å². The SMILES string of the molecule is CCOC(=O)c1cccc(NC(=O)Cn2cnc3scc(-c4ccc5c(c4)CCCC5)c3c2=O)c1. The fourth-order valence-electron chi connectivity index (χ4n) is 4.49. The summed E-state index contributed by atoms with van der Waals surface area (Å²) < 4.78 is 6.33. The number of benzene rings is 2. The Labute approximate surface area is 206 Å². The second-order valence-corrected chi connectivity index (χ2v) is 9.41. The number of nitrogens with one attached hydrogen (secondary N) is 1. The number of esters is 1.